The third-order valence-electron chi connectivity index (χ3n) is 13.4. The van der Waals surface area contributed by atoms with Gasteiger partial charge in [0.05, 0.1) is 34.4 Å². The summed E-state index contributed by atoms with van der Waals surface area (Å²) in [4.78, 5) is 37.6. The summed E-state index contributed by atoms with van der Waals surface area (Å²) >= 11 is 0. The number of hydrogen-bond donors (Lipinski definition) is 1. The minimum atomic E-state index is -1.52. The predicted molar refractivity (Wildman–Crippen MR) is 345 cm³/mol. The number of aliphatic carboxylic acids is 1. The molecule has 9 nitrogen and oxygen atoms in total. The smallest absolute Gasteiger partial charge is 0.361 e. The number of ether oxygens (including phenoxy) is 4. The van der Waals surface area contributed by atoms with Crippen LogP contribution in [0.5, 0.6) is 0 Å². The first-order chi connectivity index (χ1) is 39.6. The van der Waals surface area contributed by atoms with Crippen LogP contribution < -0.4 is 0 Å². The normalized spacial score (nSPS) is 13.6. The van der Waals surface area contributed by atoms with Crippen molar-refractivity contribution in [2.75, 3.05) is 47.5 Å². The van der Waals surface area contributed by atoms with E-state index in [9.17, 15) is 19.5 Å². The Morgan fingerprint density at radius 2 is 0.667 bits per heavy atom. The van der Waals surface area contributed by atoms with Gasteiger partial charge in [0.1, 0.15) is 13.2 Å². The number of rotatable bonds is 58. The molecule has 0 aromatic heterocycles. The number of unbranched alkanes of at least 4 members (excludes halogenated alkanes) is 21. The molecule has 2 unspecified atom stereocenters. The minimum absolute atomic E-state index is 0.180. The number of likely N-dealkylation sites (N-methyl/N-ethyl adjacent to an activating group) is 1. The van der Waals surface area contributed by atoms with Gasteiger partial charge in [0.25, 0.3) is 6.29 Å². The fourth-order valence-corrected chi connectivity index (χ4v) is 8.51. The molecule has 0 rings (SSSR count). The Hall–Kier alpha value is -4.57. The molecule has 460 valence electrons. The maximum Gasteiger partial charge on any atom is 0.361 e. The van der Waals surface area contributed by atoms with Gasteiger partial charge in [-0.15, -0.1) is 0 Å². The van der Waals surface area contributed by atoms with Gasteiger partial charge in [0.15, 0.2) is 6.10 Å². The Morgan fingerprint density at radius 3 is 0.988 bits per heavy atom. The molecule has 0 heterocycles. The van der Waals surface area contributed by atoms with Crippen LogP contribution in [0.3, 0.4) is 0 Å². The average molecular weight is 1130 g/mol. The molecule has 0 aliphatic heterocycles. The molecule has 2 atom stereocenters. The summed E-state index contributed by atoms with van der Waals surface area (Å²) in [7, 11) is 5.96. The number of carbonyl (C=O) groups excluding carboxylic acids is 2. The maximum atomic E-state index is 12.9. The lowest BCUT2D eigenvalue weighted by Crippen LogP contribution is -2.40. The maximum absolute atomic E-state index is 12.9. The number of carboxylic acid groups (broad SMARTS) is 1. The van der Waals surface area contributed by atoms with Gasteiger partial charge in [0, 0.05) is 12.8 Å². The number of nitrogens with zero attached hydrogens (tertiary/aromatic N) is 1. The minimum Gasteiger partial charge on any atom is -0.477 e. The molecular formula is C72H120NO8+. The summed E-state index contributed by atoms with van der Waals surface area (Å²) in [5.74, 6) is -2.02. The molecule has 1 N–H and O–H groups in total. The van der Waals surface area contributed by atoms with Crippen molar-refractivity contribution in [1.82, 2.24) is 0 Å². The molecule has 0 saturated carbocycles. The SMILES string of the molecule is CC/C=C\C/C=C\C/C=C\C/C=C\C/C=C\C/C=C\CCCCCCCCCCCCC(=O)OC(COC(=O)CCCCCCCCCCCCC/C=C\C/C=C\C/C=C\C/C=C\C/C=C\CC)COC(OCC[N+](C)(C)C)C(=O)O. The summed E-state index contributed by atoms with van der Waals surface area (Å²) in [6.07, 6.45) is 85.3. The zero-order valence-electron chi connectivity index (χ0n) is 52.4. The van der Waals surface area contributed by atoms with Crippen LogP contribution in [0, 0.1) is 0 Å². The molecule has 0 aromatic carbocycles. The fraction of sp³-hybridized carbons (Fsp3) is 0.653. The third kappa shape index (κ3) is 62.9. The molecule has 9 heteroatoms. The van der Waals surface area contributed by atoms with Crippen LogP contribution in [0.25, 0.3) is 0 Å². The van der Waals surface area contributed by atoms with E-state index in [1.165, 1.54) is 96.3 Å². The van der Waals surface area contributed by atoms with Crippen LogP contribution in [-0.2, 0) is 33.3 Å². The van der Waals surface area contributed by atoms with E-state index in [-0.39, 0.29) is 38.6 Å². The highest BCUT2D eigenvalue weighted by Gasteiger charge is 2.25. The van der Waals surface area contributed by atoms with Gasteiger partial charge in [-0.25, -0.2) is 4.79 Å². The largest absolute Gasteiger partial charge is 0.477 e. The number of quaternary nitrogens is 1. The lowest BCUT2D eigenvalue weighted by Gasteiger charge is -2.25. The summed E-state index contributed by atoms with van der Waals surface area (Å²) < 4.78 is 22.9. The van der Waals surface area contributed by atoms with Crippen molar-refractivity contribution >= 4 is 17.9 Å². The highest BCUT2D eigenvalue weighted by atomic mass is 16.7. The second kappa shape index (κ2) is 61.5. The van der Waals surface area contributed by atoms with Gasteiger partial charge in [-0.1, -0.05) is 257 Å². The Morgan fingerprint density at radius 1 is 0.370 bits per heavy atom. The van der Waals surface area contributed by atoms with Crippen molar-refractivity contribution in [3.05, 3.63) is 134 Å². The van der Waals surface area contributed by atoms with E-state index in [0.29, 0.717) is 17.4 Å². The highest BCUT2D eigenvalue weighted by Crippen LogP contribution is 2.16. The van der Waals surface area contributed by atoms with Gasteiger partial charge in [-0.05, 0) is 109 Å². The summed E-state index contributed by atoms with van der Waals surface area (Å²) in [6, 6.07) is 0. The van der Waals surface area contributed by atoms with Crippen molar-refractivity contribution in [1.29, 1.82) is 0 Å². The molecule has 0 saturated heterocycles. The zero-order chi connectivity index (χ0) is 59.1. The quantitative estimate of drug-likeness (QED) is 0.0211. The molecule has 0 aliphatic rings. The topological polar surface area (TPSA) is 108 Å². The van der Waals surface area contributed by atoms with Crippen molar-refractivity contribution in [3.8, 4) is 0 Å². The number of hydrogen-bond acceptors (Lipinski definition) is 7. The summed E-state index contributed by atoms with van der Waals surface area (Å²) in [5.41, 5.74) is 0. The van der Waals surface area contributed by atoms with E-state index >= 15 is 0 Å². The van der Waals surface area contributed by atoms with E-state index in [0.717, 1.165) is 116 Å². The van der Waals surface area contributed by atoms with E-state index in [2.05, 4.69) is 148 Å². The molecule has 0 amide bonds. The Balaban J connectivity index is 4.22. The Bertz CT molecular complexity index is 1790. The van der Waals surface area contributed by atoms with Crippen LogP contribution in [0.15, 0.2) is 134 Å². The average Bonchev–Trinajstić information content (AvgIpc) is 3.44. The van der Waals surface area contributed by atoms with Crippen molar-refractivity contribution in [2.24, 2.45) is 0 Å². The van der Waals surface area contributed by atoms with E-state index < -0.39 is 24.3 Å². The Labute approximate surface area is 497 Å². The number of carboxylic acids is 1. The Kier molecular flexibility index (Phi) is 58.0. The van der Waals surface area contributed by atoms with Gasteiger partial charge in [-0.2, -0.15) is 0 Å². The summed E-state index contributed by atoms with van der Waals surface area (Å²) in [5, 5.41) is 9.73. The van der Waals surface area contributed by atoms with Gasteiger partial charge in [-0.3, -0.25) is 9.59 Å². The van der Waals surface area contributed by atoms with Gasteiger partial charge < -0.3 is 28.5 Å². The molecule has 0 spiro atoms. The molecule has 0 radical (unpaired) electrons. The van der Waals surface area contributed by atoms with Crippen LogP contribution in [0.4, 0.5) is 0 Å². The first-order valence-electron chi connectivity index (χ1n) is 32.3. The molecule has 81 heavy (non-hydrogen) atoms. The highest BCUT2D eigenvalue weighted by molar-refractivity contribution is 5.71. The molecular weight excluding hydrogens is 1010 g/mol. The van der Waals surface area contributed by atoms with Crippen LogP contribution >= 0.6 is 0 Å². The molecule has 0 aliphatic carbocycles. The monoisotopic (exact) mass is 1130 g/mol. The second-order valence-corrected chi connectivity index (χ2v) is 22.3. The third-order valence-corrected chi connectivity index (χ3v) is 13.4. The fourth-order valence-electron chi connectivity index (χ4n) is 8.51. The lowest BCUT2D eigenvalue weighted by molar-refractivity contribution is -0.870. The van der Waals surface area contributed by atoms with Gasteiger partial charge >= 0.3 is 17.9 Å². The van der Waals surface area contributed by atoms with Crippen LogP contribution in [0.1, 0.15) is 245 Å². The lowest BCUT2D eigenvalue weighted by atomic mass is 10.0. The molecule has 0 aromatic rings. The van der Waals surface area contributed by atoms with E-state index in [1.54, 1.807) is 0 Å². The van der Waals surface area contributed by atoms with Crippen LogP contribution in [0.2, 0.25) is 0 Å². The standard InChI is InChI=1S/C72H119NO8/c1-6-8-10-12-14-16-18-20-22-24-26-28-30-32-34-35-37-39-41-43-45-47-49-51-53-55-57-59-61-63-70(75)81-68(67-80-72(71(76)77)78-65-64-73(3,4)5)66-79-69(74)62-60-58-56-54-52-50-48-46-44-42-40-38-36-33-31-29-27-25-23-21-19-17-15-13-11-9-7-2/h8-11,14-17,20-23,26-29,32-34,36-37,39,68,72H,6-7,12-13,18-19,24-25,30-31,35,38,40-67H2,1-5H3/p+1/b10-8-,11-9-,16-14-,17-15-,22-20-,23-21-,28-26-,29-27-,34-32-,36-33-,39-37-. The van der Waals surface area contributed by atoms with E-state index in [1.807, 2.05) is 21.1 Å². The van der Waals surface area contributed by atoms with Crippen LogP contribution in [-0.4, -0.2) is 87.4 Å². The zero-order valence-corrected chi connectivity index (χ0v) is 52.4. The summed E-state index contributed by atoms with van der Waals surface area (Å²) in [6.45, 7) is 4.64. The molecule has 0 bridgehead atoms. The number of allylic oxidation sites excluding steroid dienone is 22. The van der Waals surface area contributed by atoms with Crippen molar-refractivity contribution in [3.63, 3.8) is 0 Å². The van der Waals surface area contributed by atoms with Crippen molar-refractivity contribution in [2.45, 2.75) is 257 Å². The van der Waals surface area contributed by atoms with Gasteiger partial charge in [0.2, 0.25) is 0 Å². The van der Waals surface area contributed by atoms with E-state index in [4.69, 9.17) is 18.9 Å². The number of carbonyl (C=O) groups is 3. The predicted octanol–water partition coefficient (Wildman–Crippen LogP) is 19.8. The van der Waals surface area contributed by atoms with Crippen molar-refractivity contribution < 1.29 is 42.9 Å². The second-order valence-electron chi connectivity index (χ2n) is 22.3. The first-order valence-corrected chi connectivity index (χ1v) is 32.3. The first kappa shape index (κ1) is 76.4. The number of esters is 2. The molecule has 0 fully saturated rings.